The Morgan fingerprint density at radius 1 is 1.25 bits per heavy atom. The number of hydrogen-bond donors (Lipinski definition) is 3. The number of carbonyl (C=O) groups is 1. The first-order chi connectivity index (χ1) is 11.5. The second kappa shape index (κ2) is 9.22. The molecule has 132 valence electrons. The monoisotopic (exact) mass is 369 g/mol. The van der Waals surface area contributed by atoms with E-state index < -0.39 is 0 Å². The fraction of sp³-hybridized carbons (Fsp3) is 0.529. The van der Waals surface area contributed by atoms with Gasteiger partial charge in [0, 0.05) is 10.9 Å². The third kappa shape index (κ3) is 5.94. The highest BCUT2D eigenvalue weighted by molar-refractivity contribution is 8.00. The molecule has 1 aliphatic carbocycles. The second-order valence-corrected chi connectivity index (χ2v) is 7.72. The van der Waals surface area contributed by atoms with Crippen LogP contribution in [0.2, 0.25) is 0 Å². The molecule has 1 amide bonds. The number of nitrogens with one attached hydrogen (secondary N) is 3. The van der Waals surface area contributed by atoms with E-state index in [1.807, 2.05) is 0 Å². The van der Waals surface area contributed by atoms with Gasteiger partial charge in [0.1, 0.15) is 5.82 Å². The molecule has 0 saturated heterocycles. The summed E-state index contributed by atoms with van der Waals surface area (Å²) in [5, 5.41) is 3.74. The van der Waals surface area contributed by atoms with Gasteiger partial charge in [-0.15, -0.1) is 11.8 Å². The zero-order chi connectivity index (χ0) is 17.5. The molecule has 0 unspecified atom stereocenters. The third-order valence-electron chi connectivity index (χ3n) is 4.52. The number of amides is 1. The van der Waals surface area contributed by atoms with E-state index in [-0.39, 0.29) is 17.5 Å². The molecule has 1 fully saturated rings. The lowest BCUT2D eigenvalue weighted by molar-refractivity contribution is -0.119. The molecule has 24 heavy (non-hydrogen) atoms. The molecule has 0 spiro atoms. The molecular weight excluding hydrogens is 345 g/mol. The van der Waals surface area contributed by atoms with Crippen molar-refractivity contribution in [3.05, 3.63) is 30.1 Å². The summed E-state index contributed by atoms with van der Waals surface area (Å²) in [6.07, 6.45) is 3.56. The Morgan fingerprint density at radius 2 is 1.96 bits per heavy atom. The highest BCUT2D eigenvalue weighted by Crippen LogP contribution is 2.29. The van der Waals surface area contributed by atoms with E-state index in [2.05, 4.69) is 30.0 Å². The number of carbonyl (C=O) groups excluding carboxylic acids is 1. The number of thiocarbonyl (C=S) groups is 1. The van der Waals surface area contributed by atoms with E-state index in [1.165, 1.54) is 36.7 Å². The van der Waals surface area contributed by atoms with Gasteiger partial charge >= 0.3 is 0 Å². The van der Waals surface area contributed by atoms with Crippen molar-refractivity contribution in [1.29, 1.82) is 0 Å². The molecule has 0 heterocycles. The molecule has 0 bridgehead atoms. The summed E-state index contributed by atoms with van der Waals surface area (Å²) in [4.78, 5) is 12.7. The number of hydrazine groups is 1. The van der Waals surface area contributed by atoms with Crippen LogP contribution in [0.4, 0.5) is 4.39 Å². The molecular formula is C17H24FN3OS2. The van der Waals surface area contributed by atoms with Gasteiger partial charge in [-0.2, -0.15) is 0 Å². The van der Waals surface area contributed by atoms with Crippen molar-refractivity contribution in [2.75, 3.05) is 5.75 Å². The van der Waals surface area contributed by atoms with Crippen LogP contribution in [0.5, 0.6) is 0 Å². The summed E-state index contributed by atoms with van der Waals surface area (Å²) in [7, 11) is 0. The molecule has 0 radical (unpaired) electrons. The fourth-order valence-electron chi connectivity index (χ4n) is 2.83. The van der Waals surface area contributed by atoms with Gasteiger partial charge in [0.25, 0.3) is 0 Å². The van der Waals surface area contributed by atoms with Crippen LogP contribution in [0.1, 0.15) is 33.1 Å². The minimum Gasteiger partial charge on any atom is -0.358 e. The summed E-state index contributed by atoms with van der Waals surface area (Å²) >= 11 is 6.59. The number of hydrogen-bond acceptors (Lipinski definition) is 3. The fourth-order valence-corrected chi connectivity index (χ4v) is 3.73. The SMILES string of the molecule is C[C@@H]1[C@H](C)CCC[C@H]1NC(=S)NNC(=O)CSc1ccc(F)cc1. The van der Waals surface area contributed by atoms with Crippen molar-refractivity contribution in [2.45, 2.75) is 44.0 Å². The summed E-state index contributed by atoms with van der Waals surface area (Å²) in [5.41, 5.74) is 5.35. The zero-order valence-electron chi connectivity index (χ0n) is 14.0. The van der Waals surface area contributed by atoms with Crippen molar-refractivity contribution in [1.82, 2.24) is 16.2 Å². The predicted octanol–water partition coefficient (Wildman–Crippen LogP) is 3.24. The van der Waals surface area contributed by atoms with E-state index in [0.717, 1.165) is 11.3 Å². The summed E-state index contributed by atoms with van der Waals surface area (Å²) in [5.74, 6) is 1.01. The maximum Gasteiger partial charge on any atom is 0.248 e. The largest absolute Gasteiger partial charge is 0.358 e. The molecule has 0 aliphatic heterocycles. The van der Waals surface area contributed by atoms with E-state index in [1.54, 1.807) is 12.1 Å². The lowest BCUT2D eigenvalue weighted by Crippen LogP contribution is -2.52. The maximum absolute atomic E-state index is 12.8. The van der Waals surface area contributed by atoms with Gasteiger partial charge < -0.3 is 5.32 Å². The number of rotatable bonds is 4. The first kappa shape index (κ1) is 19.0. The Kier molecular flexibility index (Phi) is 7.30. The minimum absolute atomic E-state index is 0.182. The van der Waals surface area contributed by atoms with Gasteiger partial charge in [0.15, 0.2) is 5.11 Å². The van der Waals surface area contributed by atoms with Gasteiger partial charge in [-0.25, -0.2) is 4.39 Å². The Labute approximate surface area is 152 Å². The first-order valence-corrected chi connectivity index (χ1v) is 9.59. The van der Waals surface area contributed by atoms with Crippen LogP contribution in [0.3, 0.4) is 0 Å². The predicted molar refractivity (Wildman–Crippen MR) is 100 cm³/mol. The van der Waals surface area contributed by atoms with Gasteiger partial charge in [0.05, 0.1) is 5.75 Å². The Balaban J connectivity index is 1.67. The van der Waals surface area contributed by atoms with Crippen LogP contribution in [-0.2, 0) is 4.79 Å². The molecule has 7 heteroatoms. The second-order valence-electron chi connectivity index (χ2n) is 6.26. The van der Waals surface area contributed by atoms with Crippen molar-refractivity contribution >= 4 is 35.0 Å². The minimum atomic E-state index is -0.284. The quantitative estimate of drug-likeness (QED) is 0.432. The van der Waals surface area contributed by atoms with Gasteiger partial charge in [-0.05, 0) is 54.7 Å². The van der Waals surface area contributed by atoms with Crippen molar-refractivity contribution in [3.63, 3.8) is 0 Å². The average molecular weight is 370 g/mol. The van der Waals surface area contributed by atoms with Crippen molar-refractivity contribution in [3.8, 4) is 0 Å². The van der Waals surface area contributed by atoms with Crippen molar-refractivity contribution < 1.29 is 9.18 Å². The van der Waals surface area contributed by atoms with E-state index >= 15 is 0 Å². The molecule has 3 N–H and O–H groups in total. The van der Waals surface area contributed by atoms with E-state index in [0.29, 0.717) is 23.0 Å². The highest BCUT2D eigenvalue weighted by atomic mass is 32.2. The molecule has 1 saturated carbocycles. The van der Waals surface area contributed by atoms with Crippen LogP contribution in [0.15, 0.2) is 29.2 Å². The van der Waals surface area contributed by atoms with E-state index in [4.69, 9.17) is 12.2 Å². The maximum atomic E-state index is 12.8. The molecule has 0 aromatic heterocycles. The van der Waals surface area contributed by atoms with Crippen LogP contribution < -0.4 is 16.2 Å². The molecule has 4 nitrogen and oxygen atoms in total. The van der Waals surface area contributed by atoms with Gasteiger partial charge in [-0.3, -0.25) is 15.6 Å². The van der Waals surface area contributed by atoms with E-state index in [9.17, 15) is 9.18 Å². The van der Waals surface area contributed by atoms with Crippen LogP contribution in [0, 0.1) is 17.7 Å². The van der Waals surface area contributed by atoms with Gasteiger partial charge in [0.2, 0.25) is 5.91 Å². The lowest BCUT2D eigenvalue weighted by Gasteiger charge is -2.35. The van der Waals surface area contributed by atoms with Crippen LogP contribution in [-0.4, -0.2) is 22.8 Å². The topological polar surface area (TPSA) is 53.2 Å². The Hall–Kier alpha value is -1.34. The normalized spacial score (nSPS) is 23.4. The lowest BCUT2D eigenvalue weighted by atomic mass is 9.78. The third-order valence-corrected chi connectivity index (χ3v) is 5.75. The first-order valence-electron chi connectivity index (χ1n) is 8.19. The van der Waals surface area contributed by atoms with Crippen LogP contribution >= 0.6 is 24.0 Å². The van der Waals surface area contributed by atoms with Gasteiger partial charge in [-0.1, -0.05) is 26.7 Å². The molecule has 2 rings (SSSR count). The Bertz CT molecular complexity index is 567. The Morgan fingerprint density at radius 3 is 2.67 bits per heavy atom. The zero-order valence-corrected chi connectivity index (χ0v) is 15.6. The molecule has 1 aromatic carbocycles. The summed E-state index contributed by atoms with van der Waals surface area (Å²) in [6.45, 7) is 4.51. The molecule has 3 atom stereocenters. The number of thioether (sulfide) groups is 1. The molecule has 1 aliphatic rings. The number of benzene rings is 1. The smallest absolute Gasteiger partial charge is 0.248 e. The highest BCUT2D eigenvalue weighted by Gasteiger charge is 2.27. The molecule has 1 aromatic rings. The standard InChI is InChI=1S/C17H24FN3OS2/c1-11-4-3-5-15(12(11)2)19-17(23)21-20-16(22)10-24-14-8-6-13(18)7-9-14/h6-9,11-12,15H,3-5,10H2,1-2H3,(H,20,22)(H2,19,21,23)/t11-,12-,15-/m1/s1. The number of halogens is 1. The summed E-state index contributed by atoms with van der Waals surface area (Å²) < 4.78 is 12.8. The average Bonchev–Trinajstić information content (AvgIpc) is 2.56. The van der Waals surface area contributed by atoms with Crippen molar-refractivity contribution in [2.24, 2.45) is 11.8 Å². The van der Waals surface area contributed by atoms with Crippen LogP contribution in [0.25, 0.3) is 0 Å². The summed E-state index contributed by atoms with van der Waals surface area (Å²) in [6, 6.07) is 6.41.